The van der Waals surface area contributed by atoms with Gasteiger partial charge < -0.3 is 10.5 Å². The van der Waals surface area contributed by atoms with Gasteiger partial charge in [0, 0.05) is 0 Å². The summed E-state index contributed by atoms with van der Waals surface area (Å²) in [5.41, 5.74) is 1.68. The molecule has 0 aliphatic heterocycles. The van der Waals surface area contributed by atoms with Gasteiger partial charge in [-0.15, -0.1) is 0 Å². The van der Waals surface area contributed by atoms with Crippen LogP contribution in [0.2, 0.25) is 0 Å². The van der Waals surface area contributed by atoms with Crippen LogP contribution in [0.25, 0.3) is 0 Å². The van der Waals surface area contributed by atoms with E-state index in [0.29, 0.717) is 0 Å². The number of benzene rings is 1. The number of ether oxygens (including phenoxy) is 1. The smallest absolute Gasteiger partial charge is 0.421 e. The van der Waals surface area contributed by atoms with Gasteiger partial charge in [-0.25, -0.2) is 4.79 Å². The Bertz CT molecular complexity index is 377. The van der Waals surface area contributed by atoms with Crippen LogP contribution in [-0.4, -0.2) is 19.3 Å². The van der Waals surface area contributed by atoms with E-state index in [0.717, 1.165) is 19.2 Å². The molecule has 0 bridgehead atoms. The van der Waals surface area contributed by atoms with Gasteiger partial charge in [-0.2, -0.15) is 13.2 Å². The highest BCUT2D eigenvalue weighted by Gasteiger charge is 2.60. The third-order valence-electron chi connectivity index (χ3n) is 2.18. The summed E-state index contributed by atoms with van der Waals surface area (Å²) < 4.78 is 42.5. The topological polar surface area (TPSA) is 52.3 Å². The minimum absolute atomic E-state index is 0.352. The van der Waals surface area contributed by atoms with Crippen molar-refractivity contribution >= 4 is 5.97 Å². The van der Waals surface area contributed by atoms with Crippen molar-refractivity contribution in [3.63, 3.8) is 0 Å². The second-order valence-electron chi connectivity index (χ2n) is 3.16. The van der Waals surface area contributed by atoms with Crippen LogP contribution in [0.5, 0.6) is 0 Å². The fourth-order valence-electron chi connectivity index (χ4n) is 1.26. The van der Waals surface area contributed by atoms with E-state index in [1.54, 1.807) is 0 Å². The van der Waals surface area contributed by atoms with E-state index in [1.807, 2.05) is 0 Å². The zero-order valence-electron chi connectivity index (χ0n) is 8.41. The maximum Gasteiger partial charge on any atom is 0.421 e. The molecule has 0 saturated carbocycles. The lowest BCUT2D eigenvalue weighted by atomic mass is 9.90. The van der Waals surface area contributed by atoms with Crippen LogP contribution in [0.3, 0.4) is 0 Å². The summed E-state index contributed by atoms with van der Waals surface area (Å²) in [6.07, 6.45) is -4.92. The summed E-state index contributed by atoms with van der Waals surface area (Å²) >= 11 is 0. The third-order valence-corrected chi connectivity index (χ3v) is 2.18. The van der Waals surface area contributed by atoms with Crippen LogP contribution >= 0.6 is 0 Å². The maximum atomic E-state index is 12.8. The summed E-state index contributed by atoms with van der Waals surface area (Å²) in [4.78, 5) is 11.2. The monoisotopic (exact) mass is 233 g/mol. The average Bonchev–Trinajstić information content (AvgIpc) is 2.26. The number of esters is 1. The van der Waals surface area contributed by atoms with Crippen LogP contribution in [0.1, 0.15) is 5.56 Å². The molecule has 1 atom stereocenters. The quantitative estimate of drug-likeness (QED) is 0.789. The van der Waals surface area contributed by atoms with Gasteiger partial charge in [0.15, 0.2) is 0 Å². The molecule has 0 unspecified atom stereocenters. The highest BCUT2D eigenvalue weighted by atomic mass is 19.4. The molecule has 0 saturated heterocycles. The first-order valence-corrected chi connectivity index (χ1v) is 4.33. The minimum atomic E-state index is -4.92. The highest BCUT2D eigenvalue weighted by molar-refractivity contribution is 5.83. The van der Waals surface area contributed by atoms with E-state index in [9.17, 15) is 18.0 Å². The highest BCUT2D eigenvalue weighted by Crippen LogP contribution is 2.37. The number of alkyl halides is 3. The molecule has 1 aromatic carbocycles. The SMILES string of the molecule is COC(=O)[C@@](N)(c1ccccc1)C(F)(F)F. The Kier molecular flexibility index (Phi) is 3.23. The second-order valence-corrected chi connectivity index (χ2v) is 3.16. The van der Waals surface area contributed by atoms with Gasteiger partial charge in [0.25, 0.3) is 0 Å². The maximum absolute atomic E-state index is 12.8. The molecule has 88 valence electrons. The van der Waals surface area contributed by atoms with Gasteiger partial charge in [-0.3, -0.25) is 0 Å². The Labute approximate surface area is 90.0 Å². The number of rotatable bonds is 2. The van der Waals surface area contributed by atoms with Crippen molar-refractivity contribution in [3.05, 3.63) is 35.9 Å². The summed E-state index contributed by atoms with van der Waals surface area (Å²) in [6, 6.07) is 6.52. The van der Waals surface area contributed by atoms with E-state index >= 15 is 0 Å². The van der Waals surface area contributed by atoms with Crippen molar-refractivity contribution < 1.29 is 22.7 Å². The second kappa shape index (κ2) is 4.13. The molecule has 0 spiro atoms. The fourth-order valence-corrected chi connectivity index (χ4v) is 1.26. The molecule has 6 heteroatoms. The minimum Gasteiger partial charge on any atom is -0.467 e. The van der Waals surface area contributed by atoms with Crippen molar-refractivity contribution in [1.82, 2.24) is 0 Å². The normalized spacial score (nSPS) is 15.3. The predicted molar refractivity (Wildman–Crippen MR) is 50.4 cm³/mol. The van der Waals surface area contributed by atoms with Crippen molar-refractivity contribution in [1.29, 1.82) is 0 Å². The summed E-state index contributed by atoms with van der Waals surface area (Å²) in [7, 11) is 0.860. The van der Waals surface area contributed by atoms with Gasteiger partial charge >= 0.3 is 12.1 Å². The van der Waals surface area contributed by atoms with Gasteiger partial charge in [-0.1, -0.05) is 30.3 Å². The molecule has 0 aliphatic carbocycles. The number of carbonyl (C=O) groups is 1. The number of halogens is 3. The Morgan fingerprint density at radius 2 is 1.75 bits per heavy atom. The number of carbonyl (C=O) groups excluding carboxylic acids is 1. The molecule has 1 rings (SSSR count). The van der Waals surface area contributed by atoms with Crippen LogP contribution in [0, 0.1) is 0 Å². The molecule has 1 aromatic rings. The standard InChI is InChI=1S/C10H10F3NO2/c1-16-8(15)9(14,10(11,12)13)7-5-3-2-4-6-7/h2-6H,14H2,1H3/t9-/m0/s1. The van der Waals surface area contributed by atoms with Crippen LogP contribution < -0.4 is 5.73 Å². The first kappa shape index (κ1) is 12.5. The lowest BCUT2D eigenvalue weighted by molar-refractivity contribution is -0.206. The largest absolute Gasteiger partial charge is 0.467 e. The molecule has 0 aliphatic rings. The Hall–Kier alpha value is -1.56. The number of nitrogens with two attached hydrogens (primary N) is 1. The number of hydrogen-bond acceptors (Lipinski definition) is 3. The zero-order valence-corrected chi connectivity index (χ0v) is 8.41. The Balaban J connectivity index is 3.32. The Morgan fingerprint density at radius 1 is 1.25 bits per heavy atom. The lowest BCUT2D eigenvalue weighted by Crippen LogP contribution is -2.57. The van der Waals surface area contributed by atoms with Gasteiger partial charge in [0.1, 0.15) is 0 Å². The van der Waals surface area contributed by atoms with Crippen molar-refractivity contribution in [2.75, 3.05) is 7.11 Å². The molecule has 0 aromatic heterocycles. The first-order valence-electron chi connectivity index (χ1n) is 4.33. The van der Waals surface area contributed by atoms with Crippen molar-refractivity contribution in [3.8, 4) is 0 Å². The van der Waals surface area contributed by atoms with Crippen LogP contribution in [0.15, 0.2) is 30.3 Å². The molecule has 0 heterocycles. The molecule has 3 nitrogen and oxygen atoms in total. The molecule has 2 N–H and O–H groups in total. The van der Waals surface area contributed by atoms with Crippen molar-refractivity contribution in [2.24, 2.45) is 5.73 Å². The molecular weight excluding hydrogens is 223 g/mol. The third kappa shape index (κ3) is 1.88. The van der Waals surface area contributed by atoms with Gasteiger partial charge in [0.2, 0.25) is 5.54 Å². The van der Waals surface area contributed by atoms with E-state index in [2.05, 4.69) is 4.74 Å². The van der Waals surface area contributed by atoms with Crippen LogP contribution in [-0.2, 0) is 15.1 Å². The van der Waals surface area contributed by atoms with Crippen LogP contribution in [0.4, 0.5) is 13.2 Å². The molecule has 0 amide bonds. The summed E-state index contributed by atoms with van der Waals surface area (Å²) in [5, 5.41) is 0. The van der Waals surface area contributed by atoms with Crippen molar-refractivity contribution in [2.45, 2.75) is 11.7 Å². The van der Waals surface area contributed by atoms with Gasteiger partial charge in [-0.05, 0) is 5.56 Å². The summed E-state index contributed by atoms with van der Waals surface area (Å²) in [6.45, 7) is 0. The van der Waals surface area contributed by atoms with E-state index in [-0.39, 0.29) is 5.56 Å². The van der Waals surface area contributed by atoms with E-state index in [1.165, 1.54) is 18.2 Å². The summed E-state index contributed by atoms with van der Waals surface area (Å²) in [5.74, 6) is -1.54. The number of methoxy groups -OCH3 is 1. The number of hydrogen-bond donors (Lipinski definition) is 1. The van der Waals surface area contributed by atoms with Gasteiger partial charge in [0.05, 0.1) is 7.11 Å². The zero-order chi connectivity index (χ0) is 12.4. The lowest BCUT2D eigenvalue weighted by Gasteiger charge is -2.29. The van der Waals surface area contributed by atoms with E-state index < -0.39 is 17.7 Å². The first-order chi connectivity index (χ1) is 7.34. The molecular formula is C10H10F3NO2. The predicted octanol–water partition coefficient (Wildman–Crippen LogP) is 1.58. The fraction of sp³-hybridized carbons (Fsp3) is 0.300. The Morgan fingerprint density at radius 3 is 2.12 bits per heavy atom. The average molecular weight is 233 g/mol. The van der Waals surface area contributed by atoms with E-state index in [4.69, 9.17) is 5.73 Å². The molecule has 16 heavy (non-hydrogen) atoms. The molecule has 0 radical (unpaired) electrons. The molecule has 0 fully saturated rings.